The molecule has 80 valence electrons. The first-order chi connectivity index (χ1) is 7.13. The maximum atomic E-state index is 13.4. The Hall–Kier alpha value is -1.42. The Balaban J connectivity index is 2.74. The van der Waals surface area contributed by atoms with Gasteiger partial charge in [0.05, 0.1) is 5.52 Å². The summed E-state index contributed by atoms with van der Waals surface area (Å²) in [6.07, 6.45) is 0.620. The van der Waals surface area contributed by atoms with Gasteiger partial charge in [-0.3, -0.25) is 0 Å². The Kier molecular flexibility index (Phi) is 2.44. The van der Waals surface area contributed by atoms with E-state index in [-0.39, 0.29) is 0 Å². The van der Waals surface area contributed by atoms with E-state index in [1.807, 2.05) is 6.92 Å². The molecule has 0 saturated heterocycles. The number of nitrogens with two attached hydrogens (primary N) is 1. The highest BCUT2D eigenvalue weighted by Crippen LogP contribution is 2.25. The maximum absolute atomic E-state index is 13.4. The summed E-state index contributed by atoms with van der Waals surface area (Å²) < 4.78 is 26.4. The third kappa shape index (κ3) is 1.61. The predicted molar refractivity (Wildman–Crippen MR) is 55.7 cm³/mol. The fraction of sp³-hybridized carbons (Fsp3) is 0.273. The molecule has 0 unspecified atom stereocenters. The van der Waals surface area contributed by atoms with Crippen LogP contribution in [0.5, 0.6) is 0 Å². The lowest BCUT2D eigenvalue weighted by molar-refractivity contribution is 0.591. The van der Waals surface area contributed by atoms with Gasteiger partial charge in [0.15, 0.2) is 0 Å². The molecule has 15 heavy (non-hydrogen) atoms. The van der Waals surface area contributed by atoms with Gasteiger partial charge in [0.25, 0.3) is 0 Å². The van der Waals surface area contributed by atoms with Crippen LogP contribution in [0.4, 0.5) is 8.78 Å². The molecule has 2 rings (SSSR count). The van der Waals surface area contributed by atoms with E-state index in [0.29, 0.717) is 23.9 Å². The molecule has 2 aromatic rings. The number of aromatic nitrogens is 1. The Morgan fingerprint density at radius 3 is 2.73 bits per heavy atom. The molecule has 0 spiro atoms. The summed E-state index contributed by atoms with van der Waals surface area (Å²) in [5.41, 5.74) is 7.55. The van der Waals surface area contributed by atoms with Gasteiger partial charge in [-0.2, -0.15) is 0 Å². The highest BCUT2D eigenvalue weighted by molar-refractivity contribution is 5.85. The number of halogens is 2. The summed E-state index contributed by atoms with van der Waals surface area (Å²) >= 11 is 0. The van der Waals surface area contributed by atoms with E-state index < -0.39 is 11.6 Å². The molecule has 0 atom stereocenters. The lowest BCUT2D eigenvalue weighted by atomic mass is 10.1. The first kappa shape index (κ1) is 10.1. The van der Waals surface area contributed by atoms with E-state index in [9.17, 15) is 8.78 Å². The van der Waals surface area contributed by atoms with E-state index >= 15 is 0 Å². The number of fused-ring (bicyclic) bond motifs is 1. The highest BCUT2D eigenvalue weighted by atomic mass is 19.1. The van der Waals surface area contributed by atoms with Crippen molar-refractivity contribution in [3.8, 4) is 0 Å². The zero-order valence-corrected chi connectivity index (χ0v) is 8.40. The predicted octanol–water partition coefficient (Wildman–Crippen LogP) is 2.26. The fourth-order valence-corrected chi connectivity index (χ4v) is 1.87. The number of hydrogen-bond acceptors (Lipinski definition) is 1. The van der Waals surface area contributed by atoms with Crippen LogP contribution < -0.4 is 5.73 Å². The Labute approximate surface area is 86.1 Å². The summed E-state index contributed by atoms with van der Waals surface area (Å²) in [4.78, 5) is 2.91. The summed E-state index contributed by atoms with van der Waals surface area (Å²) in [7, 11) is 0. The first-order valence-electron chi connectivity index (χ1n) is 4.79. The number of benzene rings is 1. The van der Waals surface area contributed by atoms with E-state index in [4.69, 9.17) is 5.73 Å². The second-order valence-corrected chi connectivity index (χ2v) is 3.58. The molecule has 0 aliphatic rings. The van der Waals surface area contributed by atoms with Crippen molar-refractivity contribution in [2.24, 2.45) is 5.73 Å². The van der Waals surface area contributed by atoms with Gasteiger partial charge in [-0.15, -0.1) is 0 Å². The Bertz CT molecular complexity index is 503. The second-order valence-electron chi connectivity index (χ2n) is 3.58. The standard InChI is InChI=1S/C11H12F2N2/c1-6-8(2-3-14)9-4-7(12)5-10(13)11(9)15-6/h4-5,15H,2-3,14H2,1H3. The molecule has 1 aromatic carbocycles. The van der Waals surface area contributed by atoms with Crippen LogP contribution in [0, 0.1) is 18.6 Å². The lowest BCUT2D eigenvalue weighted by Gasteiger charge is -1.98. The quantitative estimate of drug-likeness (QED) is 0.784. The van der Waals surface area contributed by atoms with Crippen molar-refractivity contribution >= 4 is 10.9 Å². The highest BCUT2D eigenvalue weighted by Gasteiger charge is 2.12. The molecule has 0 saturated carbocycles. The first-order valence-corrected chi connectivity index (χ1v) is 4.79. The van der Waals surface area contributed by atoms with Gasteiger partial charge in [0.1, 0.15) is 11.6 Å². The van der Waals surface area contributed by atoms with Crippen LogP contribution >= 0.6 is 0 Å². The smallest absolute Gasteiger partial charge is 0.150 e. The van der Waals surface area contributed by atoms with E-state index in [0.717, 1.165) is 17.3 Å². The van der Waals surface area contributed by atoms with Crippen LogP contribution in [-0.2, 0) is 6.42 Å². The number of aryl methyl sites for hydroxylation is 1. The van der Waals surface area contributed by atoms with Gasteiger partial charge in [-0.05, 0) is 31.5 Å². The minimum absolute atomic E-state index is 0.359. The Morgan fingerprint density at radius 2 is 2.07 bits per heavy atom. The monoisotopic (exact) mass is 210 g/mol. The third-order valence-electron chi connectivity index (χ3n) is 2.54. The molecule has 1 heterocycles. The number of rotatable bonds is 2. The number of nitrogens with one attached hydrogen (secondary N) is 1. The zero-order valence-electron chi connectivity index (χ0n) is 8.40. The van der Waals surface area contributed by atoms with Crippen LogP contribution in [0.1, 0.15) is 11.3 Å². The molecule has 0 aliphatic carbocycles. The summed E-state index contributed by atoms with van der Waals surface area (Å²) in [6.45, 7) is 2.30. The normalized spacial score (nSPS) is 11.2. The van der Waals surface area contributed by atoms with Gasteiger partial charge >= 0.3 is 0 Å². The summed E-state index contributed by atoms with van der Waals surface area (Å²) in [5.74, 6) is -1.12. The van der Waals surface area contributed by atoms with Crippen molar-refractivity contribution in [3.05, 3.63) is 35.0 Å². The van der Waals surface area contributed by atoms with Gasteiger partial charge in [-0.25, -0.2) is 8.78 Å². The molecule has 3 N–H and O–H groups in total. The zero-order chi connectivity index (χ0) is 11.0. The van der Waals surface area contributed by atoms with E-state index in [1.165, 1.54) is 6.07 Å². The average Bonchev–Trinajstić information content (AvgIpc) is 2.46. The molecule has 0 aliphatic heterocycles. The SMILES string of the molecule is Cc1[nH]c2c(F)cc(F)cc2c1CCN. The molecule has 4 heteroatoms. The van der Waals surface area contributed by atoms with Gasteiger partial charge in [0, 0.05) is 17.1 Å². The number of hydrogen-bond donors (Lipinski definition) is 2. The van der Waals surface area contributed by atoms with Crippen molar-refractivity contribution in [2.75, 3.05) is 6.54 Å². The van der Waals surface area contributed by atoms with Crippen LogP contribution in [0.2, 0.25) is 0 Å². The minimum Gasteiger partial charge on any atom is -0.356 e. The van der Waals surface area contributed by atoms with Crippen LogP contribution in [-0.4, -0.2) is 11.5 Å². The average molecular weight is 210 g/mol. The lowest BCUT2D eigenvalue weighted by Crippen LogP contribution is -2.03. The number of aromatic amines is 1. The van der Waals surface area contributed by atoms with Crippen molar-refractivity contribution in [1.29, 1.82) is 0 Å². The van der Waals surface area contributed by atoms with Crippen LogP contribution in [0.25, 0.3) is 10.9 Å². The molecule has 0 amide bonds. The largest absolute Gasteiger partial charge is 0.356 e. The van der Waals surface area contributed by atoms with Crippen molar-refractivity contribution < 1.29 is 8.78 Å². The fourth-order valence-electron chi connectivity index (χ4n) is 1.87. The molecule has 2 nitrogen and oxygen atoms in total. The molecule has 0 fully saturated rings. The van der Waals surface area contributed by atoms with Gasteiger partial charge < -0.3 is 10.7 Å². The molecular formula is C11H12F2N2. The van der Waals surface area contributed by atoms with E-state index in [2.05, 4.69) is 4.98 Å². The van der Waals surface area contributed by atoms with Crippen molar-refractivity contribution in [3.63, 3.8) is 0 Å². The third-order valence-corrected chi connectivity index (χ3v) is 2.54. The van der Waals surface area contributed by atoms with E-state index in [1.54, 1.807) is 0 Å². The van der Waals surface area contributed by atoms with Crippen molar-refractivity contribution in [1.82, 2.24) is 4.98 Å². The number of H-pyrrole nitrogens is 1. The van der Waals surface area contributed by atoms with Gasteiger partial charge in [-0.1, -0.05) is 0 Å². The molecule has 0 bridgehead atoms. The van der Waals surface area contributed by atoms with Crippen LogP contribution in [0.15, 0.2) is 12.1 Å². The van der Waals surface area contributed by atoms with Crippen LogP contribution in [0.3, 0.4) is 0 Å². The molecule has 0 radical (unpaired) electrons. The Morgan fingerprint density at radius 1 is 1.33 bits per heavy atom. The van der Waals surface area contributed by atoms with Crippen molar-refractivity contribution in [2.45, 2.75) is 13.3 Å². The topological polar surface area (TPSA) is 41.8 Å². The molecule has 1 aromatic heterocycles. The summed E-state index contributed by atoms with van der Waals surface area (Å²) in [6, 6.07) is 2.22. The molecular weight excluding hydrogens is 198 g/mol. The summed E-state index contributed by atoms with van der Waals surface area (Å²) in [5, 5.41) is 0.593. The maximum Gasteiger partial charge on any atom is 0.150 e. The van der Waals surface area contributed by atoms with Gasteiger partial charge in [0.2, 0.25) is 0 Å². The second kappa shape index (κ2) is 3.62. The minimum atomic E-state index is -0.559.